The van der Waals surface area contributed by atoms with E-state index in [2.05, 4.69) is 22.5 Å². The molecule has 0 saturated carbocycles. The van der Waals surface area contributed by atoms with Crippen LogP contribution in [0.25, 0.3) is 10.9 Å². The first-order chi connectivity index (χ1) is 20.9. The van der Waals surface area contributed by atoms with E-state index >= 15 is 0 Å². The lowest BCUT2D eigenvalue weighted by Gasteiger charge is -2.26. The summed E-state index contributed by atoms with van der Waals surface area (Å²) in [7, 11) is -5.38. The maximum absolute atomic E-state index is 13.6. The van der Waals surface area contributed by atoms with Gasteiger partial charge >= 0.3 is 6.18 Å². The van der Waals surface area contributed by atoms with E-state index < -0.39 is 32.6 Å². The van der Waals surface area contributed by atoms with Gasteiger partial charge in [0.15, 0.2) is 0 Å². The van der Waals surface area contributed by atoms with Crippen LogP contribution in [0.4, 0.5) is 24.5 Å². The van der Waals surface area contributed by atoms with E-state index in [1.165, 1.54) is 23.5 Å². The fourth-order valence-corrected chi connectivity index (χ4v) is 8.22. The van der Waals surface area contributed by atoms with Crippen LogP contribution >= 0.6 is 0 Å². The van der Waals surface area contributed by atoms with E-state index in [1.807, 2.05) is 0 Å². The van der Waals surface area contributed by atoms with Crippen LogP contribution in [0, 0.1) is 11.8 Å². The summed E-state index contributed by atoms with van der Waals surface area (Å²) in [5, 5.41) is 6.92. The van der Waals surface area contributed by atoms with Crippen molar-refractivity contribution in [3.8, 4) is 17.6 Å². The van der Waals surface area contributed by atoms with Crippen molar-refractivity contribution in [2.75, 3.05) is 62.1 Å². The predicted octanol–water partition coefficient (Wildman–Crippen LogP) is 3.69. The minimum atomic E-state index is -4.49. The van der Waals surface area contributed by atoms with Crippen LogP contribution in [-0.4, -0.2) is 89.4 Å². The summed E-state index contributed by atoms with van der Waals surface area (Å²) < 4.78 is 103. The lowest BCUT2D eigenvalue weighted by atomic mass is 10.1. The van der Waals surface area contributed by atoms with Crippen molar-refractivity contribution < 1.29 is 39.5 Å². The molecule has 0 atom stereocenters. The Morgan fingerprint density at radius 2 is 1.80 bits per heavy atom. The highest BCUT2D eigenvalue weighted by molar-refractivity contribution is 7.91. The first kappa shape index (κ1) is 32.0. The minimum absolute atomic E-state index is 0.0428. The maximum atomic E-state index is 13.6. The van der Waals surface area contributed by atoms with Crippen molar-refractivity contribution in [3.05, 3.63) is 48.2 Å². The standard InChI is InChI=1S/C29H33F3N4O6S2/c1-41-28-19-23(44(39,40)35-12-14-42-15-13-35)7-8-26(28)33-11-3-4-22-18-24-25(34-21-9-16-43(37,38)17-10-21)5-2-6-27(24)36(22)20-29(30,31)32/h2,5-8,18-19,21,33-34H,9-17,20H2,1H3. The normalized spacial score (nSPS) is 18.0. The highest BCUT2D eigenvalue weighted by atomic mass is 32.2. The van der Waals surface area contributed by atoms with Gasteiger partial charge in [-0.05, 0) is 49.1 Å². The molecular weight excluding hydrogens is 621 g/mol. The number of sulfone groups is 1. The molecule has 2 N–H and O–H groups in total. The van der Waals surface area contributed by atoms with Crippen LogP contribution in [0.3, 0.4) is 0 Å². The van der Waals surface area contributed by atoms with Crippen molar-refractivity contribution in [1.29, 1.82) is 0 Å². The van der Waals surface area contributed by atoms with Crippen LogP contribution in [0.1, 0.15) is 18.5 Å². The summed E-state index contributed by atoms with van der Waals surface area (Å²) in [6, 6.07) is 10.9. The quantitative estimate of drug-likeness (QED) is 0.354. The van der Waals surface area contributed by atoms with Gasteiger partial charge in [-0.25, -0.2) is 16.8 Å². The van der Waals surface area contributed by atoms with Gasteiger partial charge in [-0.15, -0.1) is 0 Å². The number of ether oxygens (including phenoxy) is 2. The van der Waals surface area contributed by atoms with Crippen molar-refractivity contribution in [1.82, 2.24) is 8.87 Å². The highest BCUT2D eigenvalue weighted by Gasteiger charge is 2.31. The summed E-state index contributed by atoms with van der Waals surface area (Å²) in [6.45, 7) is -0.0304. The number of nitrogens with one attached hydrogen (secondary N) is 2. The molecule has 2 fully saturated rings. The Morgan fingerprint density at radius 3 is 2.48 bits per heavy atom. The minimum Gasteiger partial charge on any atom is -0.495 e. The maximum Gasteiger partial charge on any atom is 0.406 e. The van der Waals surface area contributed by atoms with Gasteiger partial charge in [0, 0.05) is 36.3 Å². The Hall–Kier alpha value is -3.45. The molecule has 44 heavy (non-hydrogen) atoms. The molecule has 5 rings (SSSR count). The Kier molecular flexibility index (Phi) is 9.36. The van der Waals surface area contributed by atoms with Crippen molar-refractivity contribution in [3.63, 3.8) is 0 Å². The van der Waals surface area contributed by atoms with E-state index in [0.717, 1.165) is 4.57 Å². The fourth-order valence-electron chi connectivity index (χ4n) is 5.31. The third kappa shape index (κ3) is 7.43. The van der Waals surface area contributed by atoms with Gasteiger partial charge in [0.1, 0.15) is 22.1 Å². The molecule has 0 amide bonds. The Labute approximate surface area is 254 Å². The number of alkyl halides is 3. The zero-order valence-corrected chi connectivity index (χ0v) is 25.6. The van der Waals surface area contributed by atoms with E-state index in [-0.39, 0.29) is 53.5 Å². The van der Waals surface area contributed by atoms with Crippen LogP contribution in [-0.2, 0) is 31.1 Å². The summed E-state index contributed by atoms with van der Waals surface area (Å²) in [5.74, 6) is 6.11. The van der Waals surface area contributed by atoms with E-state index in [0.29, 0.717) is 48.3 Å². The summed E-state index contributed by atoms with van der Waals surface area (Å²) >= 11 is 0. The number of fused-ring (bicyclic) bond motifs is 1. The first-order valence-corrected chi connectivity index (χ1v) is 17.3. The number of hydrogen-bond acceptors (Lipinski definition) is 8. The molecule has 3 heterocycles. The molecule has 0 bridgehead atoms. The largest absolute Gasteiger partial charge is 0.495 e. The molecule has 2 saturated heterocycles. The third-order valence-electron chi connectivity index (χ3n) is 7.56. The topological polar surface area (TPSA) is 119 Å². The molecule has 15 heteroatoms. The SMILES string of the molecule is COc1cc(S(=O)(=O)N2CCOCC2)ccc1NCC#Cc1cc2c(NC3CCS(=O)(=O)CC3)cccc2n1CC(F)(F)F. The number of nitrogens with zero attached hydrogens (tertiary/aromatic N) is 2. The number of anilines is 2. The zero-order valence-electron chi connectivity index (χ0n) is 24.0. The summed E-state index contributed by atoms with van der Waals surface area (Å²) in [4.78, 5) is 0.0730. The smallest absolute Gasteiger partial charge is 0.406 e. The number of halogens is 3. The average Bonchev–Trinajstić information content (AvgIpc) is 3.33. The average molecular weight is 655 g/mol. The Bertz CT molecular complexity index is 1780. The molecule has 2 aliphatic rings. The number of benzene rings is 2. The van der Waals surface area contributed by atoms with Gasteiger partial charge in [-0.1, -0.05) is 12.0 Å². The van der Waals surface area contributed by atoms with Gasteiger partial charge < -0.3 is 24.7 Å². The van der Waals surface area contributed by atoms with Crippen LogP contribution in [0.2, 0.25) is 0 Å². The number of sulfonamides is 1. The lowest BCUT2D eigenvalue weighted by Crippen LogP contribution is -2.40. The number of methoxy groups -OCH3 is 1. The van der Waals surface area contributed by atoms with Gasteiger partial charge in [0.2, 0.25) is 10.0 Å². The van der Waals surface area contributed by atoms with Crippen LogP contribution < -0.4 is 15.4 Å². The Morgan fingerprint density at radius 1 is 1.07 bits per heavy atom. The second-order valence-electron chi connectivity index (χ2n) is 10.6. The second kappa shape index (κ2) is 12.9. The fraction of sp³-hybridized carbons (Fsp3) is 0.448. The summed E-state index contributed by atoms with van der Waals surface area (Å²) in [6.07, 6.45) is -3.65. The number of aromatic nitrogens is 1. The third-order valence-corrected chi connectivity index (χ3v) is 11.2. The van der Waals surface area contributed by atoms with E-state index in [9.17, 15) is 30.0 Å². The van der Waals surface area contributed by atoms with Crippen molar-refractivity contribution in [2.45, 2.75) is 36.5 Å². The monoisotopic (exact) mass is 654 g/mol. The van der Waals surface area contributed by atoms with Gasteiger partial charge in [-0.3, -0.25) is 0 Å². The van der Waals surface area contributed by atoms with Crippen LogP contribution in [0.15, 0.2) is 47.4 Å². The predicted molar refractivity (Wildman–Crippen MR) is 161 cm³/mol. The molecule has 2 aromatic carbocycles. The van der Waals surface area contributed by atoms with Crippen molar-refractivity contribution in [2.24, 2.45) is 0 Å². The van der Waals surface area contributed by atoms with Gasteiger partial charge in [0.05, 0.1) is 60.2 Å². The molecule has 0 radical (unpaired) electrons. The van der Waals surface area contributed by atoms with Gasteiger partial charge in [0.25, 0.3) is 0 Å². The van der Waals surface area contributed by atoms with Crippen LogP contribution in [0.5, 0.6) is 5.75 Å². The summed E-state index contributed by atoms with van der Waals surface area (Å²) in [5.41, 5.74) is 1.61. The molecule has 0 aliphatic carbocycles. The number of hydrogen-bond donors (Lipinski definition) is 2. The molecule has 0 spiro atoms. The molecule has 0 unspecified atom stereocenters. The number of morpholine rings is 1. The van der Waals surface area contributed by atoms with E-state index in [4.69, 9.17) is 9.47 Å². The molecule has 10 nitrogen and oxygen atoms in total. The molecule has 1 aromatic heterocycles. The first-order valence-electron chi connectivity index (χ1n) is 14.0. The molecule has 238 valence electrons. The number of rotatable bonds is 8. The zero-order chi connectivity index (χ0) is 31.5. The molecular formula is C29H33F3N4O6S2. The van der Waals surface area contributed by atoms with E-state index in [1.54, 1.807) is 30.3 Å². The second-order valence-corrected chi connectivity index (χ2v) is 14.8. The molecule has 2 aliphatic heterocycles. The Balaban J connectivity index is 1.36. The lowest BCUT2D eigenvalue weighted by molar-refractivity contribution is -0.140. The molecule has 3 aromatic rings. The van der Waals surface area contributed by atoms with Crippen molar-refractivity contribution >= 4 is 42.1 Å². The van der Waals surface area contributed by atoms with Gasteiger partial charge in [-0.2, -0.15) is 17.5 Å². The highest BCUT2D eigenvalue weighted by Crippen LogP contribution is 2.32.